The lowest BCUT2D eigenvalue weighted by atomic mass is 10.0. The Morgan fingerprint density at radius 2 is 1.70 bits per heavy atom. The quantitative estimate of drug-likeness (QED) is 0.450. The summed E-state index contributed by atoms with van der Waals surface area (Å²) in [4.78, 5) is 25.5. The van der Waals surface area contributed by atoms with Crippen molar-refractivity contribution in [1.82, 2.24) is 5.32 Å². The Kier molecular flexibility index (Phi) is 7.74. The van der Waals surface area contributed by atoms with Crippen LogP contribution in [0.1, 0.15) is 33.5 Å². The molecule has 8 nitrogen and oxygen atoms in total. The lowest BCUT2D eigenvalue weighted by Gasteiger charge is -2.18. The molecule has 0 bridgehead atoms. The van der Waals surface area contributed by atoms with E-state index in [9.17, 15) is 14.7 Å². The van der Waals surface area contributed by atoms with E-state index in [0.29, 0.717) is 41.5 Å². The summed E-state index contributed by atoms with van der Waals surface area (Å²) in [5, 5.41) is 13.5. The molecule has 0 fully saturated rings. The highest BCUT2D eigenvalue weighted by molar-refractivity contribution is 6.00. The van der Waals surface area contributed by atoms with Crippen LogP contribution in [0.5, 0.6) is 23.0 Å². The average Bonchev–Trinajstić information content (AvgIpc) is 2.83. The lowest BCUT2D eigenvalue weighted by molar-refractivity contribution is 0.0926. The van der Waals surface area contributed by atoms with Gasteiger partial charge < -0.3 is 29.1 Å². The van der Waals surface area contributed by atoms with Crippen molar-refractivity contribution in [2.45, 2.75) is 19.4 Å². The molecule has 3 rings (SSSR count). The second kappa shape index (κ2) is 10.7. The number of ether oxygens (including phenoxy) is 3. The molecule has 3 aromatic rings. The number of aryl methyl sites for hydroxylation is 1. The number of carbonyl (C=O) groups is 1. The van der Waals surface area contributed by atoms with Crippen LogP contribution >= 0.6 is 0 Å². The Balaban J connectivity index is 1.87. The molecule has 2 aromatic carbocycles. The van der Waals surface area contributed by atoms with Crippen LogP contribution in [0.25, 0.3) is 0 Å². The summed E-state index contributed by atoms with van der Waals surface area (Å²) in [5.74, 6) is 1.06. The second-order valence-corrected chi connectivity index (χ2v) is 7.35. The number of ketones is 1. The molecule has 0 aliphatic carbocycles. The molecular weight excluding hydrogens is 426 g/mol. The van der Waals surface area contributed by atoms with Gasteiger partial charge in [-0.15, -0.1) is 0 Å². The molecule has 0 spiro atoms. The van der Waals surface area contributed by atoms with Crippen LogP contribution in [0.15, 0.2) is 57.7 Å². The van der Waals surface area contributed by atoms with Gasteiger partial charge in [0.05, 0.1) is 21.3 Å². The molecule has 0 saturated carbocycles. The van der Waals surface area contributed by atoms with Gasteiger partial charge in [0.15, 0.2) is 23.0 Å². The van der Waals surface area contributed by atoms with Gasteiger partial charge in [-0.05, 0) is 55.3 Å². The first-order chi connectivity index (χ1) is 15.9. The topological polar surface area (TPSA) is 107 Å². The molecule has 0 amide bonds. The zero-order valence-corrected chi connectivity index (χ0v) is 19.0. The van der Waals surface area contributed by atoms with E-state index in [4.69, 9.17) is 18.6 Å². The van der Waals surface area contributed by atoms with Crippen molar-refractivity contribution in [2.24, 2.45) is 0 Å². The van der Waals surface area contributed by atoms with Gasteiger partial charge in [0.25, 0.3) is 0 Å². The van der Waals surface area contributed by atoms with Crippen LogP contribution in [0.3, 0.4) is 0 Å². The SMILES string of the molecule is COc1ccc(C(=O)C(NCCc2ccc(OC)c(OC)c2)c2oc(C)cc(=O)c2O)cc1. The summed E-state index contributed by atoms with van der Waals surface area (Å²) in [5.41, 5.74) is 0.719. The van der Waals surface area contributed by atoms with Gasteiger partial charge in [0.2, 0.25) is 11.2 Å². The number of nitrogens with one attached hydrogen (secondary N) is 1. The summed E-state index contributed by atoms with van der Waals surface area (Å²) in [6.07, 6.45) is 0.545. The van der Waals surface area contributed by atoms with Gasteiger partial charge in [-0.25, -0.2) is 0 Å². The van der Waals surface area contributed by atoms with Crippen LogP contribution in [0.2, 0.25) is 0 Å². The van der Waals surface area contributed by atoms with E-state index >= 15 is 0 Å². The Labute approximate surface area is 191 Å². The molecule has 0 aliphatic rings. The Morgan fingerprint density at radius 1 is 1.00 bits per heavy atom. The fourth-order valence-corrected chi connectivity index (χ4v) is 3.44. The maximum Gasteiger partial charge on any atom is 0.227 e. The van der Waals surface area contributed by atoms with Crippen LogP contribution in [0, 0.1) is 6.92 Å². The molecule has 174 valence electrons. The van der Waals surface area contributed by atoms with Crippen LogP contribution in [-0.2, 0) is 6.42 Å². The summed E-state index contributed by atoms with van der Waals surface area (Å²) < 4.78 is 21.4. The molecule has 1 unspecified atom stereocenters. The summed E-state index contributed by atoms with van der Waals surface area (Å²) >= 11 is 0. The third-order valence-corrected chi connectivity index (χ3v) is 5.18. The molecule has 1 atom stereocenters. The summed E-state index contributed by atoms with van der Waals surface area (Å²) in [6, 6.07) is 12.2. The van der Waals surface area contributed by atoms with Gasteiger partial charge >= 0.3 is 0 Å². The van der Waals surface area contributed by atoms with Crippen molar-refractivity contribution >= 4 is 5.78 Å². The Morgan fingerprint density at radius 3 is 2.33 bits per heavy atom. The number of rotatable bonds is 10. The molecule has 33 heavy (non-hydrogen) atoms. The number of hydrogen-bond donors (Lipinski definition) is 2. The maximum absolute atomic E-state index is 13.3. The highest BCUT2D eigenvalue weighted by Gasteiger charge is 2.28. The fourth-order valence-electron chi connectivity index (χ4n) is 3.44. The van der Waals surface area contributed by atoms with Gasteiger partial charge in [0.1, 0.15) is 17.6 Å². The first-order valence-corrected chi connectivity index (χ1v) is 10.3. The number of carbonyl (C=O) groups excluding carboxylic acids is 1. The number of benzene rings is 2. The van der Waals surface area contributed by atoms with Gasteiger partial charge in [0, 0.05) is 18.2 Å². The Bertz CT molecular complexity index is 1170. The van der Waals surface area contributed by atoms with Crippen LogP contribution < -0.4 is 25.0 Å². The number of Topliss-reactive ketones (excluding diaryl/α,β-unsaturated/α-hetero) is 1. The number of hydrogen-bond acceptors (Lipinski definition) is 8. The highest BCUT2D eigenvalue weighted by Crippen LogP contribution is 2.29. The lowest BCUT2D eigenvalue weighted by Crippen LogP contribution is -2.31. The third kappa shape index (κ3) is 5.53. The molecule has 0 saturated heterocycles. The van der Waals surface area contributed by atoms with E-state index in [2.05, 4.69) is 5.32 Å². The first kappa shape index (κ1) is 23.9. The van der Waals surface area contributed by atoms with Crippen molar-refractivity contribution in [3.8, 4) is 23.0 Å². The molecule has 1 heterocycles. The smallest absolute Gasteiger partial charge is 0.227 e. The number of methoxy groups -OCH3 is 3. The molecule has 8 heteroatoms. The maximum atomic E-state index is 13.3. The van der Waals surface area contributed by atoms with Crippen LogP contribution in [0.4, 0.5) is 0 Å². The second-order valence-electron chi connectivity index (χ2n) is 7.35. The molecule has 0 radical (unpaired) electrons. The standard InChI is InChI=1S/C25H27NO7/c1-15-13-19(27)24(29)25(33-15)22(23(28)17-6-8-18(30-2)9-7-17)26-12-11-16-5-10-20(31-3)21(14-16)32-4/h5-10,13-14,22,26,29H,11-12H2,1-4H3. The van der Waals surface area contributed by atoms with Gasteiger partial charge in [-0.2, -0.15) is 0 Å². The molecule has 2 N–H and O–H groups in total. The highest BCUT2D eigenvalue weighted by atomic mass is 16.5. The molecule has 0 aliphatic heterocycles. The minimum atomic E-state index is -1.06. The van der Waals surface area contributed by atoms with Gasteiger partial charge in [-0.3, -0.25) is 9.59 Å². The Hall–Kier alpha value is -3.78. The van der Waals surface area contributed by atoms with E-state index in [0.717, 1.165) is 5.56 Å². The van der Waals surface area contributed by atoms with E-state index in [1.165, 1.54) is 13.2 Å². The third-order valence-electron chi connectivity index (χ3n) is 5.18. The van der Waals surface area contributed by atoms with Gasteiger partial charge in [-0.1, -0.05) is 6.07 Å². The van der Waals surface area contributed by atoms with Crippen molar-refractivity contribution in [3.05, 3.63) is 81.4 Å². The number of aromatic hydroxyl groups is 1. The zero-order chi connectivity index (χ0) is 24.0. The summed E-state index contributed by atoms with van der Waals surface area (Å²) in [6.45, 7) is 1.95. The summed E-state index contributed by atoms with van der Waals surface area (Å²) in [7, 11) is 4.66. The van der Waals surface area contributed by atoms with E-state index < -0.39 is 17.2 Å². The predicted molar refractivity (Wildman–Crippen MR) is 123 cm³/mol. The van der Waals surface area contributed by atoms with E-state index in [1.54, 1.807) is 51.5 Å². The minimum Gasteiger partial charge on any atom is -0.502 e. The van der Waals surface area contributed by atoms with Crippen molar-refractivity contribution < 1.29 is 28.5 Å². The normalized spacial score (nSPS) is 11.6. The van der Waals surface area contributed by atoms with Crippen molar-refractivity contribution in [2.75, 3.05) is 27.9 Å². The van der Waals surface area contributed by atoms with Crippen molar-refractivity contribution in [1.29, 1.82) is 0 Å². The largest absolute Gasteiger partial charge is 0.502 e. The molecule has 1 aromatic heterocycles. The van der Waals surface area contributed by atoms with Crippen LogP contribution in [-0.4, -0.2) is 38.8 Å². The zero-order valence-electron chi connectivity index (χ0n) is 19.0. The van der Waals surface area contributed by atoms with E-state index in [-0.39, 0.29) is 11.5 Å². The monoisotopic (exact) mass is 453 g/mol. The minimum absolute atomic E-state index is 0.117. The molecular formula is C25H27NO7. The van der Waals surface area contributed by atoms with Crippen molar-refractivity contribution in [3.63, 3.8) is 0 Å². The average molecular weight is 453 g/mol. The first-order valence-electron chi connectivity index (χ1n) is 10.3. The van der Waals surface area contributed by atoms with E-state index in [1.807, 2.05) is 12.1 Å². The fraction of sp³-hybridized carbons (Fsp3) is 0.280. The predicted octanol–water partition coefficient (Wildman–Crippen LogP) is 3.44.